The first-order valence-corrected chi connectivity index (χ1v) is 7.20. The number of aromatic amines is 1. The molecule has 0 unspecified atom stereocenters. The van der Waals surface area contributed by atoms with E-state index in [0.29, 0.717) is 0 Å². The van der Waals surface area contributed by atoms with Crippen LogP contribution in [-0.2, 0) is 10.0 Å². The van der Waals surface area contributed by atoms with Gasteiger partial charge in [0.1, 0.15) is 10.7 Å². The van der Waals surface area contributed by atoms with Crippen molar-refractivity contribution in [3.05, 3.63) is 51.0 Å². The van der Waals surface area contributed by atoms with E-state index in [4.69, 9.17) is 0 Å². The molecule has 9 heteroatoms. The summed E-state index contributed by atoms with van der Waals surface area (Å²) in [5.74, 6) is -0.608. The molecule has 19 heavy (non-hydrogen) atoms. The smallest absolute Gasteiger partial charge is 0.264 e. The molecule has 1 aromatic carbocycles. The third-order valence-electron chi connectivity index (χ3n) is 2.10. The fraction of sp³-hybridized carbons (Fsp3) is 0. The topological polar surface area (TPSA) is 91.9 Å². The highest BCUT2D eigenvalue weighted by Gasteiger charge is 2.18. The molecule has 0 atom stereocenters. The molecule has 2 N–H and O–H groups in total. The van der Waals surface area contributed by atoms with Crippen LogP contribution in [0.15, 0.2) is 44.5 Å². The Hall–Kier alpha value is -1.74. The summed E-state index contributed by atoms with van der Waals surface area (Å²) in [5, 5.41) is 5.61. The van der Waals surface area contributed by atoms with Crippen LogP contribution in [0.2, 0.25) is 0 Å². The van der Waals surface area contributed by atoms with Crippen LogP contribution in [0, 0.1) is 5.82 Å². The zero-order valence-corrected chi connectivity index (χ0v) is 11.6. The number of H-pyrrole nitrogens is 1. The molecule has 1 aromatic heterocycles. The van der Waals surface area contributed by atoms with Crippen molar-refractivity contribution in [3.8, 4) is 0 Å². The van der Waals surface area contributed by atoms with Crippen molar-refractivity contribution in [2.24, 2.45) is 0 Å². The van der Waals surface area contributed by atoms with Gasteiger partial charge in [-0.1, -0.05) is 0 Å². The SMILES string of the molecule is O=c1ccc(NS(=O)(=O)c2ccc(F)cc2Br)n[nH]1. The highest BCUT2D eigenvalue weighted by molar-refractivity contribution is 9.10. The van der Waals surface area contributed by atoms with Gasteiger partial charge in [0.2, 0.25) is 0 Å². The van der Waals surface area contributed by atoms with E-state index >= 15 is 0 Å². The van der Waals surface area contributed by atoms with Crippen LogP contribution in [0.25, 0.3) is 0 Å². The van der Waals surface area contributed by atoms with Gasteiger partial charge in [0.05, 0.1) is 0 Å². The molecule has 0 aliphatic carbocycles. The maximum absolute atomic E-state index is 12.9. The van der Waals surface area contributed by atoms with E-state index in [1.54, 1.807) is 0 Å². The number of nitrogens with one attached hydrogen (secondary N) is 2. The van der Waals surface area contributed by atoms with Crippen LogP contribution in [0.3, 0.4) is 0 Å². The van der Waals surface area contributed by atoms with Gasteiger partial charge in [0.15, 0.2) is 5.82 Å². The van der Waals surface area contributed by atoms with Crippen molar-refractivity contribution in [2.45, 2.75) is 4.90 Å². The Kier molecular flexibility index (Phi) is 3.67. The molecular weight excluding hydrogens is 341 g/mol. The number of hydrogen-bond acceptors (Lipinski definition) is 4. The Morgan fingerprint density at radius 1 is 1.26 bits per heavy atom. The molecule has 100 valence electrons. The summed E-state index contributed by atoms with van der Waals surface area (Å²) in [7, 11) is -3.92. The van der Waals surface area contributed by atoms with Crippen molar-refractivity contribution in [1.29, 1.82) is 0 Å². The predicted octanol–water partition coefficient (Wildman–Crippen LogP) is 1.47. The number of benzene rings is 1. The molecule has 2 rings (SSSR count). The van der Waals surface area contributed by atoms with Crippen molar-refractivity contribution in [1.82, 2.24) is 10.2 Å². The first kappa shape index (κ1) is 13.7. The zero-order valence-electron chi connectivity index (χ0n) is 9.22. The molecular formula is C10H7BrFN3O3S. The summed E-state index contributed by atoms with van der Waals surface area (Å²) in [6.07, 6.45) is 0. The van der Waals surface area contributed by atoms with Crippen LogP contribution in [0.5, 0.6) is 0 Å². The van der Waals surface area contributed by atoms with Crippen LogP contribution >= 0.6 is 15.9 Å². The Morgan fingerprint density at radius 2 is 2.00 bits per heavy atom. The van der Waals surface area contributed by atoms with Crippen molar-refractivity contribution in [2.75, 3.05) is 4.72 Å². The molecule has 0 radical (unpaired) electrons. The fourth-order valence-electron chi connectivity index (χ4n) is 1.29. The standard InChI is InChI=1S/C10H7BrFN3O3S/c11-7-5-6(12)1-2-8(7)19(17,18)15-9-3-4-10(16)14-13-9/h1-5H,(H,13,15)(H,14,16). The van der Waals surface area contributed by atoms with Crippen LogP contribution in [0.4, 0.5) is 10.2 Å². The van der Waals surface area contributed by atoms with Gasteiger partial charge >= 0.3 is 0 Å². The Bertz CT molecular complexity index is 755. The molecule has 0 saturated heterocycles. The van der Waals surface area contributed by atoms with E-state index in [2.05, 4.69) is 30.8 Å². The summed E-state index contributed by atoms with van der Waals surface area (Å²) in [6.45, 7) is 0. The molecule has 1 heterocycles. The molecule has 0 aliphatic rings. The van der Waals surface area contributed by atoms with Gasteiger partial charge in [-0.2, -0.15) is 5.10 Å². The number of anilines is 1. The van der Waals surface area contributed by atoms with Gasteiger partial charge in [-0.3, -0.25) is 9.52 Å². The average molecular weight is 348 g/mol. The fourth-order valence-corrected chi connectivity index (χ4v) is 3.34. The second kappa shape index (κ2) is 5.10. The molecule has 6 nitrogen and oxygen atoms in total. The Balaban J connectivity index is 2.37. The van der Waals surface area contributed by atoms with Crippen LogP contribution < -0.4 is 10.3 Å². The first-order chi connectivity index (χ1) is 8.88. The van der Waals surface area contributed by atoms with Gasteiger partial charge in [0, 0.05) is 10.5 Å². The third kappa shape index (κ3) is 3.18. The minimum absolute atomic E-state index is 0.0455. The lowest BCUT2D eigenvalue weighted by Gasteiger charge is -2.08. The zero-order chi connectivity index (χ0) is 14.0. The lowest BCUT2D eigenvalue weighted by molar-refractivity contribution is 0.598. The number of sulfonamides is 1. The molecule has 0 fully saturated rings. The first-order valence-electron chi connectivity index (χ1n) is 4.92. The second-order valence-electron chi connectivity index (χ2n) is 3.49. The van der Waals surface area contributed by atoms with E-state index in [1.165, 1.54) is 6.07 Å². The summed E-state index contributed by atoms with van der Waals surface area (Å²) >= 11 is 2.97. The van der Waals surface area contributed by atoms with Crippen LogP contribution in [-0.4, -0.2) is 18.6 Å². The minimum atomic E-state index is -3.92. The highest BCUT2D eigenvalue weighted by Crippen LogP contribution is 2.24. The quantitative estimate of drug-likeness (QED) is 0.879. The number of nitrogens with zero attached hydrogens (tertiary/aromatic N) is 1. The molecule has 0 amide bonds. The van der Waals surface area contributed by atoms with E-state index in [1.807, 2.05) is 0 Å². The molecule has 2 aromatic rings. The predicted molar refractivity (Wildman–Crippen MR) is 69.8 cm³/mol. The van der Waals surface area contributed by atoms with Gasteiger partial charge in [-0.05, 0) is 40.2 Å². The lowest BCUT2D eigenvalue weighted by atomic mass is 10.3. The summed E-state index contributed by atoms with van der Waals surface area (Å²) in [4.78, 5) is 10.7. The number of rotatable bonds is 3. The van der Waals surface area contributed by atoms with Crippen molar-refractivity contribution < 1.29 is 12.8 Å². The maximum atomic E-state index is 12.9. The van der Waals surface area contributed by atoms with Gasteiger partial charge in [-0.15, -0.1) is 0 Å². The van der Waals surface area contributed by atoms with Crippen molar-refractivity contribution in [3.63, 3.8) is 0 Å². The van der Waals surface area contributed by atoms with Gasteiger partial charge < -0.3 is 0 Å². The average Bonchev–Trinajstić information content (AvgIpc) is 2.31. The summed E-state index contributed by atoms with van der Waals surface area (Å²) < 4.78 is 39.2. The van der Waals surface area contributed by atoms with E-state index in [9.17, 15) is 17.6 Å². The third-order valence-corrected chi connectivity index (χ3v) is 4.43. The van der Waals surface area contributed by atoms with Gasteiger partial charge in [-0.25, -0.2) is 17.9 Å². The Labute approximate surface area is 115 Å². The minimum Gasteiger partial charge on any atom is -0.268 e. The van der Waals surface area contributed by atoms with E-state index < -0.39 is 21.4 Å². The number of hydrogen-bond donors (Lipinski definition) is 2. The van der Waals surface area contributed by atoms with E-state index in [-0.39, 0.29) is 15.2 Å². The van der Waals surface area contributed by atoms with Crippen molar-refractivity contribution >= 4 is 31.8 Å². The number of halogens is 2. The molecule has 0 bridgehead atoms. The summed E-state index contributed by atoms with van der Waals surface area (Å²) in [5.41, 5.74) is -0.453. The lowest BCUT2D eigenvalue weighted by Crippen LogP contribution is -2.16. The van der Waals surface area contributed by atoms with E-state index in [0.717, 1.165) is 24.3 Å². The largest absolute Gasteiger partial charge is 0.268 e. The number of aromatic nitrogens is 2. The monoisotopic (exact) mass is 347 g/mol. The molecule has 0 aliphatic heterocycles. The summed E-state index contributed by atoms with van der Waals surface area (Å²) in [6, 6.07) is 5.53. The molecule has 0 spiro atoms. The van der Waals surface area contributed by atoms with Gasteiger partial charge in [0.25, 0.3) is 15.6 Å². The Morgan fingerprint density at radius 3 is 2.58 bits per heavy atom. The normalized spacial score (nSPS) is 11.3. The highest BCUT2D eigenvalue weighted by atomic mass is 79.9. The molecule has 0 saturated carbocycles. The van der Waals surface area contributed by atoms with Crippen LogP contribution in [0.1, 0.15) is 0 Å². The maximum Gasteiger partial charge on any atom is 0.264 e. The second-order valence-corrected chi connectivity index (χ2v) is 5.99.